The van der Waals surface area contributed by atoms with Crippen LogP contribution in [0.3, 0.4) is 0 Å². The Morgan fingerprint density at radius 2 is 1.88 bits per heavy atom. The van der Waals surface area contributed by atoms with Crippen molar-refractivity contribution in [2.24, 2.45) is 0 Å². The largest absolute Gasteiger partial charge is 0.491 e. The molecule has 2 atom stereocenters. The lowest BCUT2D eigenvalue weighted by atomic mass is 10.2. The quantitative estimate of drug-likeness (QED) is 0.756. The fourth-order valence-corrected chi connectivity index (χ4v) is 3.32. The molecule has 2 aliphatic rings. The van der Waals surface area contributed by atoms with Crippen LogP contribution in [0.2, 0.25) is 0 Å². The molecule has 1 aromatic rings. The molecule has 1 saturated carbocycles. The molecule has 1 heterocycles. The van der Waals surface area contributed by atoms with Crippen molar-refractivity contribution in [1.82, 2.24) is 5.32 Å². The molecule has 1 aromatic carbocycles. The first-order chi connectivity index (χ1) is 12.6. The number of carbonyl (C=O) groups excluding carboxylic acids is 2. The summed E-state index contributed by atoms with van der Waals surface area (Å²) in [7, 11) is 0. The molecule has 0 radical (unpaired) electrons. The van der Waals surface area contributed by atoms with Gasteiger partial charge in [-0.2, -0.15) is 0 Å². The Morgan fingerprint density at radius 3 is 2.54 bits per heavy atom. The van der Waals surface area contributed by atoms with Crippen LogP contribution in [0.1, 0.15) is 55.8 Å². The van der Waals surface area contributed by atoms with Gasteiger partial charge in [-0.25, -0.2) is 4.79 Å². The van der Waals surface area contributed by atoms with Gasteiger partial charge < -0.3 is 19.5 Å². The number of hydrogen-bond acceptors (Lipinski definition) is 5. The maximum Gasteiger partial charge on any atom is 0.338 e. The van der Waals surface area contributed by atoms with E-state index in [2.05, 4.69) is 5.32 Å². The van der Waals surface area contributed by atoms with Gasteiger partial charge >= 0.3 is 5.97 Å². The van der Waals surface area contributed by atoms with Gasteiger partial charge in [-0.15, -0.1) is 0 Å². The molecule has 6 nitrogen and oxygen atoms in total. The van der Waals surface area contributed by atoms with E-state index in [9.17, 15) is 9.59 Å². The average Bonchev–Trinajstić information content (AvgIpc) is 3.34. The highest BCUT2D eigenvalue weighted by Gasteiger charge is 2.23. The summed E-state index contributed by atoms with van der Waals surface area (Å²) in [6.45, 7) is 2.91. The topological polar surface area (TPSA) is 73.9 Å². The molecule has 1 N–H and O–H groups in total. The van der Waals surface area contributed by atoms with E-state index in [1.165, 1.54) is 0 Å². The van der Waals surface area contributed by atoms with Crippen molar-refractivity contribution in [3.8, 4) is 5.75 Å². The summed E-state index contributed by atoms with van der Waals surface area (Å²) >= 11 is 0. The van der Waals surface area contributed by atoms with Gasteiger partial charge in [0.15, 0.2) is 6.10 Å². The normalized spacial score (nSPS) is 21.3. The van der Waals surface area contributed by atoms with Gasteiger partial charge in [-0.3, -0.25) is 4.79 Å². The van der Waals surface area contributed by atoms with Crippen molar-refractivity contribution in [3.63, 3.8) is 0 Å². The van der Waals surface area contributed by atoms with Crippen LogP contribution in [0, 0.1) is 0 Å². The summed E-state index contributed by atoms with van der Waals surface area (Å²) in [5.74, 6) is -0.0596. The van der Waals surface area contributed by atoms with Crippen LogP contribution >= 0.6 is 0 Å². The second kappa shape index (κ2) is 9.03. The number of benzene rings is 1. The second-order valence-corrected chi connectivity index (χ2v) is 7.01. The molecule has 0 unspecified atom stereocenters. The maximum atomic E-state index is 12.2. The van der Waals surface area contributed by atoms with Gasteiger partial charge in [0.05, 0.1) is 11.7 Å². The molecule has 142 valence electrons. The standard InChI is InChI=1S/C20H27NO5/c1-14(19(22)21-16-5-2-3-6-16)26-20(23)15-8-10-17(11-9-15)25-13-18-7-4-12-24-18/h8-11,14,16,18H,2-7,12-13H2,1H3,(H,21,22)/t14-,18+/m1/s1. The third kappa shape index (κ3) is 5.21. The van der Waals surface area contributed by atoms with Crippen LogP contribution in [0.5, 0.6) is 5.75 Å². The zero-order chi connectivity index (χ0) is 18.4. The number of carbonyl (C=O) groups is 2. The first-order valence-corrected chi connectivity index (χ1v) is 9.47. The molecule has 1 aliphatic carbocycles. The lowest BCUT2D eigenvalue weighted by Gasteiger charge is -2.17. The summed E-state index contributed by atoms with van der Waals surface area (Å²) in [4.78, 5) is 24.3. The Morgan fingerprint density at radius 1 is 1.15 bits per heavy atom. The Balaban J connectivity index is 1.45. The fraction of sp³-hybridized carbons (Fsp3) is 0.600. The number of ether oxygens (including phenoxy) is 3. The molecular weight excluding hydrogens is 334 g/mol. The average molecular weight is 361 g/mol. The SMILES string of the molecule is C[C@@H](OC(=O)c1ccc(OC[C@@H]2CCCO2)cc1)C(=O)NC1CCCC1. The van der Waals surface area contributed by atoms with Gasteiger partial charge in [-0.1, -0.05) is 12.8 Å². The molecule has 1 amide bonds. The molecule has 26 heavy (non-hydrogen) atoms. The third-order valence-electron chi connectivity index (χ3n) is 4.90. The van der Waals surface area contributed by atoms with E-state index in [0.29, 0.717) is 17.9 Å². The van der Waals surface area contributed by atoms with E-state index in [1.54, 1.807) is 31.2 Å². The molecule has 3 rings (SSSR count). The van der Waals surface area contributed by atoms with Crippen LogP contribution in [-0.4, -0.2) is 43.3 Å². The molecule has 6 heteroatoms. The third-order valence-corrected chi connectivity index (χ3v) is 4.90. The van der Waals surface area contributed by atoms with Gasteiger partial charge in [0.2, 0.25) is 0 Å². The monoisotopic (exact) mass is 361 g/mol. The Hall–Kier alpha value is -2.08. The van der Waals surface area contributed by atoms with Gasteiger partial charge in [0.1, 0.15) is 12.4 Å². The van der Waals surface area contributed by atoms with E-state index in [4.69, 9.17) is 14.2 Å². The minimum atomic E-state index is -0.807. The number of rotatable bonds is 7. The summed E-state index contributed by atoms with van der Waals surface area (Å²) in [6.07, 6.45) is 5.72. The summed E-state index contributed by atoms with van der Waals surface area (Å²) in [5.41, 5.74) is 0.398. The van der Waals surface area contributed by atoms with Crippen molar-refractivity contribution in [2.75, 3.05) is 13.2 Å². The highest BCUT2D eigenvalue weighted by Crippen LogP contribution is 2.19. The van der Waals surface area contributed by atoms with E-state index < -0.39 is 12.1 Å². The number of esters is 1. The van der Waals surface area contributed by atoms with Crippen molar-refractivity contribution < 1.29 is 23.8 Å². The van der Waals surface area contributed by atoms with Gasteiger partial charge in [0.25, 0.3) is 5.91 Å². The lowest BCUT2D eigenvalue weighted by molar-refractivity contribution is -0.129. The molecule has 0 bridgehead atoms. The van der Waals surface area contributed by atoms with Crippen molar-refractivity contribution >= 4 is 11.9 Å². The number of amides is 1. The zero-order valence-electron chi connectivity index (χ0n) is 15.2. The van der Waals surface area contributed by atoms with E-state index in [1.807, 2.05) is 0 Å². The van der Waals surface area contributed by atoms with Crippen LogP contribution in [-0.2, 0) is 14.3 Å². The first kappa shape index (κ1) is 18.7. The van der Waals surface area contributed by atoms with Crippen LogP contribution in [0.15, 0.2) is 24.3 Å². The highest BCUT2D eigenvalue weighted by atomic mass is 16.5. The van der Waals surface area contributed by atoms with Crippen molar-refractivity contribution in [2.45, 2.75) is 63.7 Å². The first-order valence-electron chi connectivity index (χ1n) is 9.47. The maximum absolute atomic E-state index is 12.2. The molecule has 0 aromatic heterocycles. The molecule has 2 fully saturated rings. The van der Waals surface area contributed by atoms with Crippen LogP contribution in [0.4, 0.5) is 0 Å². The van der Waals surface area contributed by atoms with Crippen molar-refractivity contribution in [3.05, 3.63) is 29.8 Å². The highest BCUT2D eigenvalue weighted by molar-refractivity contribution is 5.92. The lowest BCUT2D eigenvalue weighted by Crippen LogP contribution is -2.40. The fourth-order valence-electron chi connectivity index (χ4n) is 3.32. The van der Waals surface area contributed by atoms with Crippen LogP contribution in [0.25, 0.3) is 0 Å². The minimum absolute atomic E-state index is 0.152. The minimum Gasteiger partial charge on any atom is -0.491 e. The molecular formula is C20H27NO5. The number of hydrogen-bond donors (Lipinski definition) is 1. The van der Waals surface area contributed by atoms with E-state index in [0.717, 1.165) is 45.1 Å². The summed E-state index contributed by atoms with van der Waals surface area (Å²) in [5, 5.41) is 2.94. The Kier molecular flexibility index (Phi) is 6.50. The molecule has 1 saturated heterocycles. The van der Waals surface area contributed by atoms with E-state index >= 15 is 0 Å². The molecule has 1 aliphatic heterocycles. The van der Waals surface area contributed by atoms with Gasteiger partial charge in [0, 0.05) is 12.6 Å². The summed E-state index contributed by atoms with van der Waals surface area (Å²) < 4.78 is 16.5. The van der Waals surface area contributed by atoms with E-state index in [-0.39, 0.29) is 18.1 Å². The van der Waals surface area contributed by atoms with Gasteiger partial charge in [-0.05, 0) is 56.9 Å². The van der Waals surface area contributed by atoms with Crippen LogP contribution < -0.4 is 10.1 Å². The summed E-state index contributed by atoms with van der Waals surface area (Å²) in [6, 6.07) is 6.97. The Bertz CT molecular complexity index is 603. The molecule has 0 spiro atoms. The number of nitrogens with one attached hydrogen (secondary N) is 1. The second-order valence-electron chi connectivity index (χ2n) is 7.01. The Labute approximate surface area is 154 Å². The smallest absolute Gasteiger partial charge is 0.338 e. The zero-order valence-corrected chi connectivity index (χ0v) is 15.2. The predicted molar refractivity (Wildman–Crippen MR) is 96.2 cm³/mol. The predicted octanol–water partition coefficient (Wildman–Crippen LogP) is 2.85. The van der Waals surface area contributed by atoms with Crippen molar-refractivity contribution in [1.29, 1.82) is 0 Å².